The number of hydrogen-bond acceptors (Lipinski definition) is 14. The second-order valence-corrected chi connectivity index (χ2v) is 28.1. The van der Waals surface area contributed by atoms with Gasteiger partial charge in [0.05, 0.1) is 39.3 Å². The average Bonchev–Trinajstić information content (AvgIpc) is 0.900. The van der Waals surface area contributed by atoms with E-state index in [1.165, 1.54) is 42.1 Å². The van der Waals surface area contributed by atoms with Crippen LogP contribution in [0, 0.1) is 36.5 Å². The maximum Gasteiger partial charge on any atom is 0.524 e. The molecule has 30 heteroatoms. The highest BCUT2D eigenvalue weighted by molar-refractivity contribution is 7.46. The minimum atomic E-state index is -4.99. The largest absolute Gasteiger partial charge is 0.524 e. The minimum Gasteiger partial charge on any atom is -0.445 e. The Morgan fingerprint density at radius 2 is 1.31 bits per heavy atom. The molecule has 2 bridgehead atoms. The fourth-order valence-electron chi connectivity index (χ4n) is 14.1. The van der Waals surface area contributed by atoms with Gasteiger partial charge in [0.15, 0.2) is 17.3 Å². The number of carbonyl (C=O) groups is 10. The van der Waals surface area contributed by atoms with Gasteiger partial charge in [-0.3, -0.25) is 48.2 Å². The Bertz CT molecular complexity index is 3980. The van der Waals surface area contributed by atoms with Gasteiger partial charge in [0.25, 0.3) is 11.8 Å². The van der Waals surface area contributed by atoms with Gasteiger partial charge in [0.2, 0.25) is 23.6 Å². The molecular formula is C66H80Cl2N11O16P. The highest BCUT2D eigenvalue weighted by Gasteiger charge is 2.76. The number of aromatic nitrogens is 2. The molecule has 96 heavy (non-hydrogen) atoms. The average molecular weight is 1390 g/mol. The van der Waals surface area contributed by atoms with E-state index in [0.29, 0.717) is 64.7 Å². The van der Waals surface area contributed by atoms with Crippen LogP contribution in [0.15, 0.2) is 60.9 Å². The molecule has 27 nitrogen and oxygen atoms in total. The molecule has 0 unspecified atom stereocenters. The lowest BCUT2D eigenvalue weighted by molar-refractivity contribution is -0.205. The molecule has 2 aromatic heterocycles. The van der Waals surface area contributed by atoms with E-state index in [2.05, 4.69) is 25.9 Å². The van der Waals surface area contributed by atoms with Gasteiger partial charge in [0.1, 0.15) is 6.61 Å². The molecule has 3 aliphatic heterocycles. The summed E-state index contributed by atoms with van der Waals surface area (Å²) in [7, 11) is -1.97. The molecular weight excluding hydrogens is 1300 g/mol. The van der Waals surface area contributed by atoms with Crippen LogP contribution in [0.2, 0.25) is 0 Å². The minimum absolute atomic E-state index is 0.0300. The number of rotatable bonds is 29. The molecule has 3 aliphatic carbocycles. The van der Waals surface area contributed by atoms with Crippen molar-refractivity contribution >= 4 is 129 Å². The molecule has 514 valence electrons. The lowest BCUT2D eigenvalue weighted by Gasteiger charge is -2.69. The molecule has 0 saturated heterocycles. The number of ether oxygens (including phenoxy) is 2. The van der Waals surface area contributed by atoms with E-state index < -0.39 is 54.7 Å². The molecule has 9 N–H and O–H groups in total. The molecule has 3 aromatic carbocycles. The maximum absolute atomic E-state index is 14.9. The normalized spacial score (nSPS) is 19.8. The van der Waals surface area contributed by atoms with Crippen LogP contribution in [0.25, 0.3) is 21.8 Å². The number of aromatic amines is 2. The predicted molar refractivity (Wildman–Crippen MR) is 357 cm³/mol. The van der Waals surface area contributed by atoms with Gasteiger partial charge in [-0.25, -0.2) is 18.9 Å². The van der Waals surface area contributed by atoms with Crippen LogP contribution in [-0.4, -0.2) is 165 Å². The van der Waals surface area contributed by atoms with Gasteiger partial charge >= 0.3 is 26.0 Å². The molecule has 5 heterocycles. The third-order valence-electron chi connectivity index (χ3n) is 19.0. The van der Waals surface area contributed by atoms with Gasteiger partial charge in [-0.15, -0.1) is 23.2 Å². The van der Waals surface area contributed by atoms with Crippen LogP contribution < -0.4 is 40.7 Å². The number of primary amides is 1. The van der Waals surface area contributed by atoms with Crippen molar-refractivity contribution in [1.29, 1.82) is 0 Å². The number of hydrogen-bond donors (Lipinski definition) is 8. The second kappa shape index (κ2) is 28.7. The van der Waals surface area contributed by atoms with E-state index in [1.807, 2.05) is 13.8 Å². The van der Waals surface area contributed by atoms with Crippen molar-refractivity contribution in [3.8, 4) is 11.5 Å². The Morgan fingerprint density at radius 3 is 1.84 bits per heavy atom. The van der Waals surface area contributed by atoms with Gasteiger partial charge < -0.3 is 65.2 Å². The van der Waals surface area contributed by atoms with Crippen LogP contribution >= 0.6 is 31.0 Å². The number of halogens is 2. The fourth-order valence-corrected chi connectivity index (χ4v) is 15.0. The van der Waals surface area contributed by atoms with Crippen LogP contribution in [0.5, 0.6) is 11.5 Å². The third kappa shape index (κ3) is 14.6. The molecule has 0 spiro atoms. The van der Waals surface area contributed by atoms with Crippen molar-refractivity contribution in [3.05, 3.63) is 88.8 Å². The number of alkyl halides is 2. The third-order valence-corrected chi connectivity index (χ3v) is 20.2. The van der Waals surface area contributed by atoms with Gasteiger partial charge in [-0.2, -0.15) is 0 Å². The number of nitrogens with one attached hydrogen (secondary N) is 5. The monoisotopic (exact) mass is 1380 g/mol. The number of fused-ring (bicyclic) bond motifs is 6. The number of imide groups is 1. The number of amides is 10. The number of anilines is 3. The highest BCUT2D eigenvalue weighted by atomic mass is 35.5. The summed E-state index contributed by atoms with van der Waals surface area (Å²) < 4.78 is 28.9. The van der Waals surface area contributed by atoms with Crippen molar-refractivity contribution in [2.24, 2.45) is 28.4 Å². The quantitative estimate of drug-likeness (QED) is 0.00966. The van der Waals surface area contributed by atoms with E-state index >= 15 is 0 Å². The number of urea groups is 1. The number of nitrogens with two attached hydrogens (primary N) is 1. The molecule has 11 rings (SSSR count). The number of ketones is 1. The number of Topliss-reactive ketones (excluding diaryl/α,β-unsaturated/α-hetero) is 1. The van der Waals surface area contributed by atoms with Crippen molar-refractivity contribution in [3.63, 3.8) is 0 Å². The van der Waals surface area contributed by atoms with E-state index in [4.69, 9.17) is 42.9 Å². The summed E-state index contributed by atoms with van der Waals surface area (Å²) in [5.74, 6) is -3.56. The van der Waals surface area contributed by atoms with Gasteiger partial charge in [0, 0.05) is 149 Å². The van der Waals surface area contributed by atoms with E-state index in [1.54, 1.807) is 66.4 Å². The predicted octanol–water partition coefficient (Wildman–Crippen LogP) is 8.23. The first-order valence-electron chi connectivity index (χ1n) is 32.0. The number of carbonyl (C=O) groups excluding carboxylic acids is 10. The SMILES string of the molecule is Cc1c[nH]c2c(OC(=O)N(C)CCN(C)C(=O)OCc3ccc(NC(=O)[C@H](CCCNC(N)=O)CC(=O)[C@@H](NC(=O)CCCCCN4C(=O)C=CC4=O)C(C)C)cc3)cc3c(c12)[C@H](CCl)CN3C(=O)C12CC(C(=O)N3C[C@@H](CCl)c4c3cc(OP(=O)(O)O)c3[nH]cc(C)c43)(C1)C2. The lowest BCUT2D eigenvalue weighted by atomic mass is 9.34. The highest BCUT2D eigenvalue weighted by Crippen LogP contribution is 2.75. The number of nitrogens with zero attached hydrogens (tertiary/aromatic N) is 5. The summed E-state index contributed by atoms with van der Waals surface area (Å²) >= 11 is 13.2. The number of aryl methyl sites for hydroxylation is 2. The zero-order valence-electron chi connectivity index (χ0n) is 54.2. The van der Waals surface area contributed by atoms with Crippen molar-refractivity contribution < 1.29 is 76.3 Å². The Hall–Kier alpha value is -8.49. The van der Waals surface area contributed by atoms with E-state index in [9.17, 15) is 62.3 Å². The second-order valence-electron chi connectivity index (χ2n) is 26.3. The summed E-state index contributed by atoms with van der Waals surface area (Å²) in [5, 5.41) is 9.60. The Kier molecular flexibility index (Phi) is 21.0. The zero-order chi connectivity index (χ0) is 69.3. The van der Waals surface area contributed by atoms with Crippen LogP contribution in [-0.2, 0) is 49.5 Å². The summed E-state index contributed by atoms with van der Waals surface area (Å²) in [4.78, 5) is 165. The van der Waals surface area contributed by atoms with E-state index in [0.717, 1.165) is 32.5 Å². The van der Waals surface area contributed by atoms with Crippen LogP contribution in [0.1, 0.15) is 118 Å². The number of unbranched alkanes of at least 4 members (excludes halogenated alkanes) is 2. The number of benzene rings is 3. The number of H-pyrrole nitrogens is 2. The summed E-state index contributed by atoms with van der Waals surface area (Å²) in [6.07, 6.45) is 7.32. The number of phosphoric acid groups is 1. The van der Waals surface area contributed by atoms with Crippen LogP contribution in [0.3, 0.4) is 0 Å². The number of likely N-dealkylation sites (N-methyl/N-ethyl adjacent to an activating group) is 2. The fraction of sp³-hybridized carbons (Fsp3) is 0.485. The first-order chi connectivity index (χ1) is 45.6. The van der Waals surface area contributed by atoms with Crippen molar-refractivity contribution in [2.45, 2.75) is 116 Å². The van der Waals surface area contributed by atoms with E-state index in [-0.39, 0.29) is 161 Å². The summed E-state index contributed by atoms with van der Waals surface area (Å²) in [6.45, 7) is 8.15. The molecule has 3 saturated carbocycles. The number of phosphoric ester groups is 1. The standard InChI is InChI=1S/C66H80Cl2N11O16P/c1-36(2)56(74-49(81)12-8-7-9-20-77-50(82)17-18-51(77)83)46(80)23-40(11-10-19-70-62(69)87)59(84)73-43-15-13-39(14-16-43)32-93-63(88)75(5)21-22-76(6)64(89)94-47-24-44-54(52-37(3)28-71-57(47)52)41(26-67)30-78(44)60(85)65-33-66(34-65,35-65)61(86)79-31-42(27-68)55-45(79)25-48(95-96(90,91)92)58-53(55)38(4)29-72-58/h13-18,24-25,28-29,36,40-42,56,71-72H,7-12,19-23,26-27,30-35H2,1-6H3,(H,73,84)(H,74,81)(H3,69,70,87)(H2,90,91,92)/t40-,41-,42-,56+,65?,66?/m1/s1. The van der Waals surface area contributed by atoms with Gasteiger partial charge in [-0.05, 0) is 105 Å². The smallest absolute Gasteiger partial charge is 0.445 e. The molecule has 10 amide bonds. The molecule has 5 aromatic rings. The molecule has 3 fully saturated rings. The topological polar surface area (TPSA) is 366 Å². The Morgan fingerprint density at radius 1 is 0.771 bits per heavy atom. The summed E-state index contributed by atoms with van der Waals surface area (Å²) in [6, 6.07) is 8.05. The van der Waals surface area contributed by atoms with Crippen molar-refractivity contribution in [2.75, 3.05) is 80.2 Å². The lowest BCUT2D eigenvalue weighted by Crippen LogP contribution is -2.73. The first-order valence-corrected chi connectivity index (χ1v) is 34.6. The summed E-state index contributed by atoms with van der Waals surface area (Å²) in [5.41, 5.74) is 9.66. The van der Waals surface area contributed by atoms with Gasteiger partial charge in [-0.1, -0.05) is 32.4 Å². The molecule has 4 atom stereocenters. The van der Waals surface area contributed by atoms with Crippen LogP contribution in [0.4, 0.5) is 31.4 Å². The Labute approximate surface area is 563 Å². The zero-order valence-corrected chi connectivity index (χ0v) is 56.6. The Balaban J connectivity index is 0.711. The molecule has 6 aliphatic rings. The first kappa shape index (κ1) is 70.3. The molecule has 0 radical (unpaired) electrons. The van der Waals surface area contributed by atoms with Crippen molar-refractivity contribution in [1.82, 2.24) is 35.3 Å². The maximum atomic E-state index is 14.9.